The average Bonchev–Trinajstić information content (AvgIpc) is 2.47. The van der Waals surface area contributed by atoms with Crippen molar-refractivity contribution in [2.24, 2.45) is 5.92 Å². The first-order valence-corrected chi connectivity index (χ1v) is 7.64. The van der Waals surface area contributed by atoms with Crippen molar-refractivity contribution < 1.29 is 19.6 Å². The number of nitro groups is 1. The molecule has 1 amide bonds. The Balaban J connectivity index is 2.01. The van der Waals surface area contributed by atoms with E-state index < -0.39 is 10.9 Å². The van der Waals surface area contributed by atoms with Gasteiger partial charge in [0.15, 0.2) is 0 Å². The van der Waals surface area contributed by atoms with Gasteiger partial charge in [-0.2, -0.15) is 0 Å². The molecule has 8 heteroatoms. The van der Waals surface area contributed by atoms with E-state index in [1.54, 1.807) is 0 Å². The van der Waals surface area contributed by atoms with E-state index in [4.69, 9.17) is 5.11 Å². The Hall–Kier alpha value is -1.96. The summed E-state index contributed by atoms with van der Waals surface area (Å²) in [7, 11) is 0. The smallest absolute Gasteiger partial charge is 0.306 e. The number of hydrogen-bond donors (Lipinski definition) is 2. The van der Waals surface area contributed by atoms with E-state index in [2.05, 4.69) is 21.2 Å². The molecule has 0 aliphatic heterocycles. The second-order valence-electron chi connectivity index (χ2n) is 5.32. The average molecular weight is 371 g/mol. The molecule has 0 heterocycles. The molecule has 7 nitrogen and oxygen atoms in total. The Morgan fingerprint density at radius 3 is 2.41 bits per heavy atom. The quantitative estimate of drug-likeness (QED) is 0.625. The molecule has 1 aliphatic rings. The molecular formula is C14H15BrN2O5. The predicted octanol–water partition coefficient (Wildman–Crippen LogP) is 2.73. The van der Waals surface area contributed by atoms with Crippen molar-refractivity contribution in [3.63, 3.8) is 0 Å². The number of rotatable bonds is 4. The summed E-state index contributed by atoms with van der Waals surface area (Å²) in [5, 5.41) is 22.6. The van der Waals surface area contributed by atoms with E-state index in [1.807, 2.05) is 0 Å². The van der Waals surface area contributed by atoms with Gasteiger partial charge in [-0.15, -0.1) is 0 Å². The minimum absolute atomic E-state index is 0.0962. The van der Waals surface area contributed by atoms with Crippen LogP contribution in [0.1, 0.15) is 36.0 Å². The van der Waals surface area contributed by atoms with E-state index in [0.29, 0.717) is 30.2 Å². The number of carboxylic acid groups (broad SMARTS) is 1. The van der Waals surface area contributed by atoms with Crippen molar-refractivity contribution >= 4 is 33.5 Å². The largest absolute Gasteiger partial charge is 0.481 e. The van der Waals surface area contributed by atoms with Gasteiger partial charge in [-0.25, -0.2) is 0 Å². The molecule has 1 saturated carbocycles. The van der Waals surface area contributed by atoms with Crippen LogP contribution in [0.4, 0.5) is 5.69 Å². The van der Waals surface area contributed by atoms with Crippen molar-refractivity contribution in [2.75, 3.05) is 0 Å². The topological polar surface area (TPSA) is 110 Å². The summed E-state index contributed by atoms with van der Waals surface area (Å²) < 4.78 is 0.460. The zero-order valence-electron chi connectivity index (χ0n) is 11.6. The van der Waals surface area contributed by atoms with Crippen molar-refractivity contribution in [3.8, 4) is 0 Å². The van der Waals surface area contributed by atoms with Crippen LogP contribution in [-0.2, 0) is 4.79 Å². The molecule has 118 valence electrons. The number of nitro benzene ring substituents is 1. The molecule has 0 radical (unpaired) electrons. The molecule has 0 saturated heterocycles. The lowest BCUT2D eigenvalue weighted by atomic mass is 9.86. The number of benzene rings is 1. The minimum Gasteiger partial charge on any atom is -0.481 e. The van der Waals surface area contributed by atoms with Gasteiger partial charge in [-0.1, -0.05) is 15.9 Å². The standard InChI is InChI=1S/C14H15BrN2O5/c15-10-5-9(6-12(7-10)17(21)22)13(18)16-11-3-1-8(2-4-11)14(19)20/h5-8,11H,1-4H2,(H,16,18)(H,19,20). The first-order chi connectivity index (χ1) is 10.4. The monoisotopic (exact) mass is 370 g/mol. The van der Waals surface area contributed by atoms with Gasteiger partial charge in [-0.3, -0.25) is 19.7 Å². The molecule has 0 atom stereocenters. The SMILES string of the molecule is O=C(NC1CCC(C(=O)O)CC1)c1cc(Br)cc([N+](=O)[O-])c1. The molecule has 0 bridgehead atoms. The zero-order chi connectivity index (χ0) is 16.3. The van der Waals surface area contributed by atoms with Crippen molar-refractivity contribution in [2.45, 2.75) is 31.7 Å². The predicted molar refractivity (Wildman–Crippen MR) is 81.6 cm³/mol. The highest BCUT2D eigenvalue weighted by Crippen LogP contribution is 2.25. The van der Waals surface area contributed by atoms with Crippen LogP contribution in [0.2, 0.25) is 0 Å². The summed E-state index contributed by atoms with van der Waals surface area (Å²) in [4.78, 5) is 33.3. The Morgan fingerprint density at radius 1 is 1.23 bits per heavy atom. The third kappa shape index (κ3) is 4.03. The van der Waals surface area contributed by atoms with Gasteiger partial charge in [0.2, 0.25) is 0 Å². The van der Waals surface area contributed by atoms with Crippen molar-refractivity contribution in [1.82, 2.24) is 5.32 Å². The highest BCUT2D eigenvalue weighted by Gasteiger charge is 2.27. The molecule has 1 aliphatic carbocycles. The number of nitrogens with zero attached hydrogens (tertiary/aromatic N) is 1. The molecular weight excluding hydrogens is 356 g/mol. The Morgan fingerprint density at radius 2 is 1.86 bits per heavy atom. The maximum absolute atomic E-state index is 12.2. The third-order valence-electron chi connectivity index (χ3n) is 3.77. The normalized spacial score (nSPS) is 21.1. The number of halogens is 1. The minimum atomic E-state index is -0.799. The number of amides is 1. The highest BCUT2D eigenvalue weighted by molar-refractivity contribution is 9.10. The van der Waals surface area contributed by atoms with E-state index in [0.717, 1.165) is 0 Å². The van der Waals surface area contributed by atoms with Crippen LogP contribution in [0.3, 0.4) is 0 Å². The van der Waals surface area contributed by atoms with Gasteiger partial charge >= 0.3 is 5.97 Å². The van der Waals surface area contributed by atoms with Crippen molar-refractivity contribution in [3.05, 3.63) is 38.3 Å². The van der Waals surface area contributed by atoms with Gasteiger partial charge in [0, 0.05) is 28.2 Å². The van der Waals surface area contributed by atoms with E-state index >= 15 is 0 Å². The third-order valence-corrected chi connectivity index (χ3v) is 4.23. The molecule has 0 spiro atoms. The van der Waals surface area contributed by atoms with Crippen LogP contribution in [0.5, 0.6) is 0 Å². The molecule has 22 heavy (non-hydrogen) atoms. The van der Waals surface area contributed by atoms with Crippen LogP contribution in [0.15, 0.2) is 22.7 Å². The maximum atomic E-state index is 12.2. The van der Waals surface area contributed by atoms with Crippen LogP contribution in [0.25, 0.3) is 0 Å². The number of non-ortho nitro benzene ring substituents is 1. The van der Waals surface area contributed by atoms with E-state index in [-0.39, 0.29) is 29.1 Å². The second-order valence-corrected chi connectivity index (χ2v) is 6.23. The van der Waals surface area contributed by atoms with Crippen LogP contribution < -0.4 is 5.32 Å². The summed E-state index contributed by atoms with van der Waals surface area (Å²) in [6, 6.07) is 3.98. The number of carbonyl (C=O) groups is 2. The fraction of sp³-hybridized carbons (Fsp3) is 0.429. The molecule has 1 aromatic rings. The molecule has 0 unspecified atom stereocenters. The second kappa shape index (κ2) is 6.87. The number of carbonyl (C=O) groups excluding carboxylic acids is 1. The lowest BCUT2D eigenvalue weighted by Crippen LogP contribution is -2.38. The van der Waals surface area contributed by atoms with Crippen LogP contribution in [0, 0.1) is 16.0 Å². The zero-order valence-corrected chi connectivity index (χ0v) is 13.2. The first kappa shape index (κ1) is 16.4. The van der Waals surface area contributed by atoms with Gasteiger partial charge in [0.05, 0.1) is 10.8 Å². The first-order valence-electron chi connectivity index (χ1n) is 6.85. The summed E-state index contributed by atoms with van der Waals surface area (Å²) in [6.45, 7) is 0. The number of carboxylic acids is 1. The van der Waals surface area contributed by atoms with Gasteiger partial charge < -0.3 is 10.4 Å². The van der Waals surface area contributed by atoms with E-state index in [9.17, 15) is 19.7 Å². The molecule has 2 N–H and O–H groups in total. The summed E-state index contributed by atoms with van der Waals surface area (Å²) in [5.74, 6) is -1.53. The van der Waals surface area contributed by atoms with Crippen molar-refractivity contribution in [1.29, 1.82) is 0 Å². The van der Waals surface area contributed by atoms with Gasteiger partial charge in [0.1, 0.15) is 0 Å². The lowest BCUT2D eigenvalue weighted by Gasteiger charge is -2.26. The maximum Gasteiger partial charge on any atom is 0.306 e. The fourth-order valence-electron chi connectivity index (χ4n) is 2.56. The van der Waals surface area contributed by atoms with Gasteiger partial charge in [-0.05, 0) is 31.7 Å². The van der Waals surface area contributed by atoms with Crippen LogP contribution >= 0.6 is 15.9 Å². The fourth-order valence-corrected chi connectivity index (χ4v) is 3.05. The summed E-state index contributed by atoms with van der Waals surface area (Å²) in [5.41, 5.74) is 0.0514. The Kier molecular flexibility index (Phi) is 5.12. The summed E-state index contributed by atoms with van der Waals surface area (Å²) >= 11 is 3.15. The summed E-state index contributed by atoms with van der Waals surface area (Å²) in [6.07, 6.45) is 2.25. The van der Waals surface area contributed by atoms with Crippen LogP contribution in [-0.4, -0.2) is 27.9 Å². The van der Waals surface area contributed by atoms with Gasteiger partial charge in [0.25, 0.3) is 11.6 Å². The van der Waals surface area contributed by atoms with E-state index in [1.165, 1.54) is 18.2 Å². The number of aliphatic carboxylic acids is 1. The molecule has 1 fully saturated rings. The molecule has 1 aromatic carbocycles. The molecule has 2 rings (SSSR count). The Labute approximate surface area is 135 Å². The molecule has 0 aromatic heterocycles. The highest BCUT2D eigenvalue weighted by atomic mass is 79.9. The lowest BCUT2D eigenvalue weighted by molar-refractivity contribution is -0.385. The number of hydrogen-bond acceptors (Lipinski definition) is 4. The number of nitrogens with one attached hydrogen (secondary N) is 1. The Bertz CT molecular complexity index is 611.